The number of nitrogens with zero attached hydrogens (tertiary/aromatic N) is 2. The highest BCUT2D eigenvalue weighted by Gasteiger charge is 2.08. The van der Waals surface area contributed by atoms with Crippen LogP contribution in [-0.2, 0) is 6.42 Å². The number of anilines is 1. The minimum Gasteiger partial charge on any atom is -0.437 e. The summed E-state index contributed by atoms with van der Waals surface area (Å²) in [5.74, 6) is 0.852. The third kappa shape index (κ3) is 3.00. The Morgan fingerprint density at radius 1 is 1.37 bits per heavy atom. The summed E-state index contributed by atoms with van der Waals surface area (Å²) in [6.07, 6.45) is 1.90. The number of rotatable bonds is 4. The molecule has 19 heavy (non-hydrogen) atoms. The van der Waals surface area contributed by atoms with Crippen molar-refractivity contribution >= 4 is 5.69 Å². The molecule has 2 aromatic rings. The molecule has 0 aliphatic carbocycles. The van der Waals surface area contributed by atoms with Crippen molar-refractivity contribution in [3.8, 4) is 17.7 Å². The van der Waals surface area contributed by atoms with Gasteiger partial charge in [0, 0.05) is 12.8 Å². The van der Waals surface area contributed by atoms with Gasteiger partial charge in [0.25, 0.3) is 0 Å². The lowest BCUT2D eigenvalue weighted by molar-refractivity contribution is 0.297. The van der Waals surface area contributed by atoms with E-state index in [1.54, 1.807) is 6.07 Å². The summed E-state index contributed by atoms with van der Waals surface area (Å²) in [6, 6.07) is 10.8. The average Bonchev–Trinajstić information content (AvgIpc) is 2.43. The van der Waals surface area contributed by atoms with Crippen LogP contribution in [0.4, 0.5) is 5.69 Å². The molecule has 1 aromatic carbocycles. The second-order valence-corrected chi connectivity index (χ2v) is 3.91. The van der Waals surface area contributed by atoms with Crippen molar-refractivity contribution in [2.75, 3.05) is 12.3 Å². The number of benzene rings is 1. The monoisotopic (exact) mass is 255 g/mol. The van der Waals surface area contributed by atoms with Crippen LogP contribution in [0.1, 0.15) is 11.1 Å². The fraction of sp³-hybridized carbons (Fsp3) is 0.143. The molecule has 0 unspecified atom stereocenters. The fourth-order valence-electron chi connectivity index (χ4n) is 1.65. The fourth-order valence-corrected chi connectivity index (χ4v) is 1.65. The summed E-state index contributed by atoms with van der Waals surface area (Å²) in [4.78, 5) is 4.01. The van der Waals surface area contributed by atoms with E-state index in [4.69, 9.17) is 20.8 Å². The first-order valence-electron chi connectivity index (χ1n) is 5.77. The molecule has 0 radical (unpaired) electrons. The smallest absolute Gasteiger partial charge is 0.242 e. The first-order valence-corrected chi connectivity index (χ1v) is 5.77. The van der Waals surface area contributed by atoms with Crippen LogP contribution in [0.15, 0.2) is 36.5 Å². The number of hydrogen-bond donors (Lipinski definition) is 2. The number of ether oxygens (including phenoxy) is 1. The standard InChI is InChI=1S/C14H13N3O2/c15-8-10-7-12(16)14(17-9-10)19-13-4-2-1-3-11(13)5-6-18/h1-4,7,9,18H,5-6,16H2. The van der Waals surface area contributed by atoms with Gasteiger partial charge in [-0.2, -0.15) is 5.26 Å². The Hall–Kier alpha value is -2.58. The highest BCUT2D eigenvalue weighted by atomic mass is 16.5. The number of aliphatic hydroxyl groups is 1. The number of pyridine rings is 1. The maximum atomic E-state index is 9.00. The van der Waals surface area contributed by atoms with Crippen molar-refractivity contribution in [1.29, 1.82) is 5.26 Å². The van der Waals surface area contributed by atoms with Gasteiger partial charge in [-0.05, 0) is 24.1 Å². The lowest BCUT2D eigenvalue weighted by Crippen LogP contribution is -1.99. The lowest BCUT2D eigenvalue weighted by Gasteiger charge is -2.11. The molecule has 1 heterocycles. The van der Waals surface area contributed by atoms with E-state index >= 15 is 0 Å². The van der Waals surface area contributed by atoms with Gasteiger partial charge < -0.3 is 15.6 Å². The van der Waals surface area contributed by atoms with Crippen LogP contribution in [0.5, 0.6) is 11.6 Å². The largest absolute Gasteiger partial charge is 0.437 e. The number of para-hydroxylation sites is 1. The first kappa shape index (κ1) is 12.9. The molecule has 5 heteroatoms. The van der Waals surface area contributed by atoms with Gasteiger partial charge in [-0.15, -0.1) is 0 Å². The maximum absolute atomic E-state index is 9.00. The van der Waals surface area contributed by atoms with Crippen molar-refractivity contribution in [3.63, 3.8) is 0 Å². The Morgan fingerprint density at radius 2 is 2.16 bits per heavy atom. The molecule has 0 saturated heterocycles. The van der Waals surface area contributed by atoms with E-state index in [0.717, 1.165) is 5.56 Å². The molecule has 3 N–H and O–H groups in total. The minimum absolute atomic E-state index is 0.0383. The summed E-state index contributed by atoms with van der Waals surface area (Å²) in [5, 5.41) is 17.7. The number of nitrogen functional groups attached to an aromatic ring is 1. The van der Waals surface area contributed by atoms with E-state index in [2.05, 4.69) is 4.98 Å². The number of hydrogen-bond acceptors (Lipinski definition) is 5. The average molecular weight is 255 g/mol. The molecule has 2 rings (SSSR count). The van der Waals surface area contributed by atoms with Gasteiger partial charge >= 0.3 is 0 Å². The topological polar surface area (TPSA) is 92.2 Å². The van der Waals surface area contributed by atoms with E-state index in [1.165, 1.54) is 12.3 Å². The van der Waals surface area contributed by atoms with Crippen molar-refractivity contribution in [3.05, 3.63) is 47.7 Å². The quantitative estimate of drug-likeness (QED) is 0.869. The van der Waals surface area contributed by atoms with E-state index in [0.29, 0.717) is 23.4 Å². The predicted octanol–water partition coefficient (Wildman–Crippen LogP) is 1.86. The van der Waals surface area contributed by atoms with Gasteiger partial charge in [0.1, 0.15) is 11.8 Å². The number of nitriles is 1. The summed E-state index contributed by atoms with van der Waals surface area (Å²) in [6.45, 7) is 0.0383. The van der Waals surface area contributed by atoms with Crippen LogP contribution in [-0.4, -0.2) is 16.7 Å². The summed E-state index contributed by atoms with van der Waals surface area (Å²) in [7, 11) is 0. The molecular weight excluding hydrogens is 242 g/mol. The highest BCUT2D eigenvalue weighted by Crippen LogP contribution is 2.28. The molecule has 0 spiro atoms. The zero-order chi connectivity index (χ0) is 13.7. The molecule has 0 aliphatic heterocycles. The van der Waals surface area contributed by atoms with E-state index in [-0.39, 0.29) is 12.5 Å². The van der Waals surface area contributed by atoms with Crippen LogP contribution in [0, 0.1) is 11.3 Å². The van der Waals surface area contributed by atoms with E-state index in [9.17, 15) is 0 Å². The predicted molar refractivity (Wildman–Crippen MR) is 70.7 cm³/mol. The Kier molecular flexibility index (Phi) is 3.96. The third-order valence-electron chi connectivity index (χ3n) is 2.57. The highest BCUT2D eigenvalue weighted by molar-refractivity contribution is 5.53. The summed E-state index contributed by atoms with van der Waals surface area (Å²) in [5.41, 5.74) is 7.34. The lowest BCUT2D eigenvalue weighted by atomic mass is 10.1. The molecule has 5 nitrogen and oxygen atoms in total. The Bertz CT molecular complexity index is 620. The molecule has 0 fully saturated rings. The zero-order valence-corrected chi connectivity index (χ0v) is 10.2. The summed E-state index contributed by atoms with van der Waals surface area (Å²) < 4.78 is 5.64. The molecule has 0 bridgehead atoms. The Balaban J connectivity index is 2.29. The van der Waals surface area contributed by atoms with Crippen LogP contribution in [0.2, 0.25) is 0 Å². The Labute approximate surface area is 110 Å². The van der Waals surface area contributed by atoms with Gasteiger partial charge in [0.15, 0.2) is 0 Å². The molecule has 0 atom stereocenters. The van der Waals surface area contributed by atoms with Crippen LogP contribution in [0.3, 0.4) is 0 Å². The normalized spacial score (nSPS) is 9.89. The number of nitrogens with two attached hydrogens (primary N) is 1. The van der Waals surface area contributed by atoms with Gasteiger partial charge in [-0.1, -0.05) is 18.2 Å². The van der Waals surface area contributed by atoms with Gasteiger partial charge in [0.2, 0.25) is 5.88 Å². The molecule has 96 valence electrons. The second-order valence-electron chi connectivity index (χ2n) is 3.91. The molecule has 0 saturated carbocycles. The van der Waals surface area contributed by atoms with Crippen LogP contribution < -0.4 is 10.5 Å². The molecule has 1 aromatic heterocycles. The van der Waals surface area contributed by atoms with Crippen molar-refractivity contribution in [2.24, 2.45) is 0 Å². The molecule has 0 amide bonds. The first-order chi connectivity index (χ1) is 9.24. The van der Waals surface area contributed by atoms with E-state index in [1.807, 2.05) is 24.3 Å². The zero-order valence-electron chi connectivity index (χ0n) is 10.2. The maximum Gasteiger partial charge on any atom is 0.242 e. The van der Waals surface area contributed by atoms with Crippen LogP contribution >= 0.6 is 0 Å². The van der Waals surface area contributed by atoms with Crippen molar-refractivity contribution in [1.82, 2.24) is 4.98 Å². The van der Waals surface area contributed by atoms with Crippen LogP contribution in [0.25, 0.3) is 0 Å². The number of aliphatic hydroxyl groups excluding tert-OH is 1. The summed E-state index contributed by atoms with van der Waals surface area (Å²) >= 11 is 0. The van der Waals surface area contributed by atoms with Gasteiger partial charge in [-0.25, -0.2) is 4.98 Å². The van der Waals surface area contributed by atoms with E-state index < -0.39 is 0 Å². The third-order valence-corrected chi connectivity index (χ3v) is 2.57. The number of aromatic nitrogens is 1. The molecular formula is C14H13N3O2. The SMILES string of the molecule is N#Cc1cnc(Oc2ccccc2CCO)c(N)c1. The van der Waals surface area contributed by atoms with Crippen molar-refractivity contribution in [2.45, 2.75) is 6.42 Å². The Morgan fingerprint density at radius 3 is 2.84 bits per heavy atom. The minimum atomic E-state index is 0.0383. The van der Waals surface area contributed by atoms with Gasteiger partial charge in [0.05, 0.1) is 11.3 Å². The van der Waals surface area contributed by atoms with Gasteiger partial charge in [-0.3, -0.25) is 0 Å². The molecule has 0 aliphatic rings. The van der Waals surface area contributed by atoms with Crippen molar-refractivity contribution < 1.29 is 9.84 Å². The second kappa shape index (κ2) is 5.85.